The van der Waals surface area contributed by atoms with Gasteiger partial charge in [0.15, 0.2) is 0 Å². The molecule has 4 bridgehead atoms. The van der Waals surface area contributed by atoms with Crippen molar-refractivity contribution in [2.24, 2.45) is 0 Å². The summed E-state index contributed by atoms with van der Waals surface area (Å²) in [6.07, 6.45) is 21.0. The Hall–Kier alpha value is 0.879. The number of hydrogen-bond acceptors (Lipinski definition) is 10. The molecule has 0 radical (unpaired) electrons. The molecule has 18 heteroatoms. The first-order valence-electron chi connectivity index (χ1n) is 23.0. The molecule has 0 aromatic carbocycles. The van der Waals surface area contributed by atoms with E-state index in [1.807, 2.05) is 0 Å². The zero-order valence-corrected chi connectivity index (χ0v) is 44.3. The molecule has 10 atom stereocenters. The first-order valence-corrected chi connectivity index (χ1v) is 29.5. The molecular formula is C44H78Cl4Mn2N10S2. The van der Waals surface area contributed by atoms with E-state index in [2.05, 4.69) is 92.8 Å². The van der Waals surface area contributed by atoms with E-state index in [1.54, 1.807) is 0 Å². The largest absolute Gasteiger partial charge is 0.311 e. The number of halogens is 4. The summed E-state index contributed by atoms with van der Waals surface area (Å²) in [4.78, 5) is 9.95. The fraction of sp³-hybridized carbons (Fsp3) is 0.773. The van der Waals surface area contributed by atoms with Gasteiger partial charge in [-0.1, -0.05) is 63.5 Å². The van der Waals surface area contributed by atoms with Crippen LogP contribution in [0.3, 0.4) is 0 Å². The van der Waals surface area contributed by atoms with Crippen LogP contribution in [0.5, 0.6) is 0 Å². The Bertz CT molecular complexity index is 1370. The molecule has 1 unspecified atom stereocenters. The minimum absolute atomic E-state index is 0. The average Bonchev–Trinajstić information content (AvgIpc) is 3.28. The van der Waals surface area contributed by atoms with Crippen LogP contribution in [0.4, 0.5) is 0 Å². The van der Waals surface area contributed by atoms with Crippen molar-refractivity contribution in [3.63, 3.8) is 0 Å². The summed E-state index contributed by atoms with van der Waals surface area (Å²) in [6.45, 7) is 10.5. The van der Waals surface area contributed by atoms with E-state index in [1.165, 1.54) is 126 Å². The van der Waals surface area contributed by atoms with Crippen molar-refractivity contribution in [1.82, 2.24) is 52.5 Å². The summed E-state index contributed by atoms with van der Waals surface area (Å²) in [6, 6.07) is 18.1. The molecule has 358 valence electrons. The molecule has 10 nitrogen and oxygen atoms in total. The van der Waals surface area contributed by atoms with E-state index in [4.69, 9.17) is 50.4 Å². The normalized spacial score (nSPS) is 31.9. The van der Waals surface area contributed by atoms with E-state index >= 15 is 0 Å². The van der Waals surface area contributed by atoms with Crippen molar-refractivity contribution in [2.45, 2.75) is 190 Å². The fourth-order valence-corrected chi connectivity index (χ4v) is 10.4. The number of nitrogens with one attached hydrogen (secondary N) is 8. The fourth-order valence-electron chi connectivity index (χ4n) is 10.4. The molecule has 0 spiro atoms. The molecule has 4 aliphatic carbocycles. The zero-order valence-electron chi connectivity index (χ0n) is 37.0. The second kappa shape index (κ2) is 33.4. The third-order valence-electron chi connectivity index (χ3n) is 13.5. The van der Waals surface area contributed by atoms with Gasteiger partial charge in [0.2, 0.25) is 0 Å². The molecule has 4 fully saturated rings. The molecule has 0 amide bonds. The zero-order chi connectivity index (χ0) is 42.4. The molecule has 62 heavy (non-hydrogen) atoms. The third-order valence-corrected chi connectivity index (χ3v) is 13.5. The van der Waals surface area contributed by atoms with Gasteiger partial charge in [-0.05, 0) is 89.5 Å². The monoisotopic (exact) mass is 1060 g/mol. The van der Waals surface area contributed by atoms with E-state index in [0.717, 1.165) is 39.3 Å². The van der Waals surface area contributed by atoms with Gasteiger partial charge >= 0.3 is 66.7 Å². The van der Waals surface area contributed by atoms with Gasteiger partial charge in [0.1, 0.15) is 0 Å². The Labute approximate surface area is 418 Å². The van der Waals surface area contributed by atoms with Gasteiger partial charge in [0, 0.05) is 99.7 Å². The Morgan fingerprint density at radius 2 is 0.694 bits per heavy atom. The van der Waals surface area contributed by atoms with Crippen LogP contribution in [-0.2, 0) is 39.4 Å². The van der Waals surface area contributed by atoms with Gasteiger partial charge in [-0.3, -0.25) is 9.97 Å². The van der Waals surface area contributed by atoms with Gasteiger partial charge in [-0.15, -0.1) is 0 Å². The minimum Gasteiger partial charge on any atom is -0.311 e. The summed E-state index contributed by atoms with van der Waals surface area (Å²) in [7, 11) is 19.2. The van der Waals surface area contributed by atoms with Gasteiger partial charge < -0.3 is 42.5 Å². The number of aromatic nitrogens is 2. The topological polar surface area (TPSA) is 122 Å². The summed E-state index contributed by atoms with van der Waals surface area (Å²) >= 11 is 0.0139. The molecule has 0 saturated heterocycles. The third kappa shape index (κ3) is 19.8. The number of nitrogens with zero attached hydrogens (tertiary/aromatic N) is 2. The van der Waals surface area contributed by atoms with Crippen LogP contribution in [0.15, 0.2) is 36.4 Å². The average molecular weight is 1060 g/mol. The maximum atomic E-state index is 5.06. The number of hydrogen-bond donors (Lipinski definition) is 8. The van der Waals surface area contributed by atoms with Crippen LogP contribution in [0.2, 0.25) is 0 Å². The van der Waals surface area contributed by atoms with Gasteiger partial charge in [0.25, 0.3) is 0 Å². The Balaban J connectivity index is 0.000000286. The van der Waals surface area contributed by atoms with Crippen molar-refractivity contribution in [2.75, 3.05) is 26.2 Å². The predicted molar refractivity (Wildman–Crippen MR) is 266 cm³/mol. The van der Waals surface area contributed by atoms with Crippen LogP contribution in [0.1, 0.15) is 151 Å². The second-order valence-electron chi connectivity index (χ2n) is 17.6. The van der Waals surface area contributed by atoms with E-state index in [9.17, 15) is 0 Å². The maximum Gasteiger partial charge on any atom is 0.0545 e. The molecule has 2 aromatic heterocycles. The van der Waals surface area contributed by atoms with Crippen molar-refractivity contribution in [1.29, 1.82) is 0 Å². The number of fused-ring (bicyclic) bond motifs is 8. The molecule has 8 rings (SSSR count). The van der Waals surface area contributed by atoms with E-state index in [0.29, 0.717) is 48.3 Å². The summed E-state index contributed by atoms with van der Waals surface area (Å²) in [5.74, 6) is 0. The van der Waals surface area contributed by atoms with Gasteiger partial charge in [-0.2, -0.15) is 27.0 Å². The Kier molecular flexibility index (Phi) is 30.8. The second-order valence-corrected chi connectivity index (χ2v) is 21.5. The molecule has 8 N–H and O–H groups in total. The molecule has 4 heterocycles. The maximum absolute atomic E-state index is 5.06. The summed E-state index contributed by atoms with van der Waals surface area (Å²) in [5, 5.41) is 30.7. The van der Waals surface area contributed by atoms with Crippen LogP contribution in [-0.4, -0.2) is 84.5 Å². The number of pyridine rings is 2. The molecule has 2 aromatic rings. The van der Waals surface area contributed by atoms with Gasteiger partial charge in [0.05, 0.1) is 22.8 Å². The molecule has 2 aliphatic heterocycles. The Morgan fingerprint density at radius 3 is 1.03 bits per heavy atom. The number of rotatable bonds is 0. The van der Waals surface area contributed by atoms with Crippen molar-refractivity contribution in [3.05, 3.63) is 59.2 Å². The van der Waals surface area contributed by atoms with Crippen molar-refractivity contribution in [3.8, 4) is 0 Å². The Morgan fingerprint density at radius 1 is 0.419 bits per heavy atom. The first-order chi connectivity index (χ1) is 29.4. The summed E-state index contributed by atoms with van der Waals surface area (Å²) < 4.78 is 0. The molecule has 4 saturated carbocycles. The SMILES string of the molecule is C[C@@H]1N[C@@H]2CCCC[C@H]2NCCN[C@@H]2CCCC[C@H]2N[C@@H](C)c2cccc1n2.S.S.[Cl][Mn][Cl].[Cl][Mn][Cl].c1cc2nc(c1)CN[C@H]1CCCC[C@@H]1NCCN[C@H]1CCCCC1NC2. The quantitative estimate of drug-likeness (QED) is 0.123. The van der Waals surface area contributed by atoms with Crippen molar-refractivity contribution < 1.29 is 26.3 Å². The molecule has 6 aliphatic rings. The van der Waals surface area contributed by atoms with E-state index < -0.39 is 0 Å². The smallest absolute Gasteiger partial charge is 0.0545 e. The van der Waals surface area contributed by atoms with Crippen LogP contribution in [0, 0.1) is 0 Å². The predicted octanol–water partition coefficient (Wildman–Crippen LogP) is 8.25. The van der Waals surface area contributed by atoms with Crippen LogP contribution in [0.25, 0.3) is 0 Å². The van der Waals surface area contributed by atoms with Crippen LogP contribution < -0.4 is 42.5 Å². The minimum atomic E-state index is 0. The molecular weight excluding hydrogens is 984 g/mol. The van der Waals surface area contributed by atoms with Crippen molar-refractivity contribution >= 4 is 67.4 Å². The van der Waals surface area contributed by atoms with E-state index in [-0.39, 0.29) is 65.3 Å². The standard InChI is InChI=1S/C23H39N5.C21H35N5.4ClH.2Mn.2H2S/c1-16-18-12-7-13-19(28-18)17(2)27-23-11-6-4-9-21(23)25-15-14-24-20-8-3-5-10-22(20)26-16;1-3-10-20-18(8-1)22-12-13-23-19-9-2-4-11-21(19)25-15-17-7-5-6-16(26-17)14-24-20;;;;;;;;/h7,12-13,16-17,20-27H,3-6,8-11,14-15H2,1-2H3;5-7,18-25H,1-4,8-15H2;4*1H;;;2*1H2/q;;;;;;2*+2;;/p-4/t16-,17-,20+,21+,22+,23+;18-,19-,20-,21?;;;;;;;;/m00......../s1. The summed E-state index contributed by atoms with van der Waals surface area (Å²) in [5.41, 5.74) is 4.68. The first kappa shape index (κ1) is 57.2. The van der Waals surface area contributed by atoms with Gasteiger partial charge in [-0.25, -0.2) is 0 Å². The van der Waals surface area contributed by atoms with Crippen LogP contribution >= 0.6 is 67.4 Å².